The first-order valence-corrected chi connectivity index (χ1v) is 6.64. The molecule has 0 unspecified atom stereocenters. The zero-order chi connectivity index (χ0) is 11.0. The maximum Gasteiger partial charge on any atom is 0.213 e. The van der Waals surface area contributed by atoms with Gasteiger partial charge in [-0.2, -0.15) is 16.8 Å². The molecule has 0 aliphatic rings. The minimum absolute atomic E-state index is 0.485. The Balaban J connectivity index is 3.86. The first kappa shape index (κ1) is 13.4. The second-order valence-electron chi connectivity index (χ2n) is 2.80. The van der Waals surface area contributed by atoms with E-state index in [1.165, 1.54) is 5.37 Å². The summed E-state index contributed by atoms with van der Waals surface area (Å²) in [6.07, 6.45) is 2.97. The van der Waals surface area contributed by atoms with Crippen molar-refractivity contribution in [3.05, 3.63) is 0 Å². The minimum atomic E-state index is -2.09. The summed E-state index contributed by atoms with van der Waals surface area (Å²) in [4.78, 5) is 0.508. The average Bonchev–Trinajstić information content (AvgIpc) is 2.10. The van der Waals surface area contributed by atoms with Gasteiger partial charge in [-0.1, -0.05) is 6.92 Å². The van der Waals surface area contributed by atoms with Gasteiger partial charge in [0.1, 0.15) is 0 Å². The largest absolute Gasteiger partial charge is 0.213 e. The van der Waals surface area contributed by atoms with Crippen LogP contribution in [0.5, 0.6) is 0 Å². The lowest BCUT2D eigenvalue weighted by Crippen LogP contribution is -1.97. The maximum atomic E-state index is 10.6. The van der Waals surface area contributed by atoms with Crippen LogP contribution < -0.4 is 0 Å². The van der Waals surface area contributed by atoms with Gasteiger partial charge < -0.3 is 0 Å². The van der Waals surface area contributed by atoms with E-state index in [1.807, 2.05) is 0 Å². The van der Waals surface area contributed by atoms with Crippen LogP contribution >= 0.6 is 0 Å². The Morgan fingerprint density at radius 1 is 1.14 bits per heavy atom. The highest BCUT2D eigenvalue weighted by atomic mass is 32.2. The molecule has 0 aliphatic carbocycles. The summed E-state index contributed by atoms with van der Waals surface area (Å²) in [7, 11) is -4.18. The monoisotopic (exact) mass is 238 g/mol. The summed E-state index contributed by atoms with van der Waals surface area (Å²) in [6, 6.07) is 0. The predicted octanol–water partition coefficient (Wildman–Crippen LogP) is 0.690. The fraction of sp³-hybridized carbons (Fsp3) is 0.750. The average molecular weight is 238 g/mol. The van der Waals surface area contributed by atoms with E-state index in [9.17, 15) is 16.8 Å². The second kappa shape index (κ2) is 7.75. The predicted molar refractivity (Wildman–Crippen MR) is 57.7 cm³/mol. The molecule has 0 aromatic carbocycles. The quantitative estimate of drug-likeness (QED) is 0.504. The van der Waals surface area contributed by atoms with E-state index in [4.69, 9.17) is 0 Å². The molecule has 0 heterocycles. The van der Waals surface area contributed by atoms with Crippen LogP contribution in [0.25, 0.3) is 0 Å². The molecule has 0 saturated carbocycles. The fourth-order valence-electron chi connectivity index (χ4n) is 1.02. The summed E-state index contributed by atoms with van der Waals surface area (Å²) in [6.45, 7) is 1.80. The minimum Gasteiger partial charge on any atom is -0.185 e. The molecule has 0 spiro atoms. The van der Waals surface area contributed by atoms with Crippen molar-refractivity contribution in [3.63, 3.8) is 0 Å². The molecule has 0 rings (SSSR count). The van der Waals surface area contributed by atoms with Gasteiger partial charge >= 0.3 is 0 Å². The van der Waals surface area contributed by atoms with E-state index in [-0.39, 0.29) is 0 Å². The van der Waals surface area contributed by atoms with Crippen LogP contribution in [0.3, 0.4) is 0 Å². The van der Waals surface area contributed by atoms with Crippen LogP contribution in [0.2, 0.25) is 0 Å². The standard InChI is InChI=1S/C8H14O4S2/c1-2-8(14(11)12)6-4-3-5-7-13(9)10/h7H,2-6H2,1H3. The lowest BCUT2D eigenvalue weighted by molar-refractivity contribution is 0.624. The van der Waals surface area contributed by atoms with Crippen molar-refractivity contribution in [1.29, 1.82) is 0 Å². The molecule has 0 N–H and O–H groups in total. The molecular weight excluding hydrogens is 224 g/mol. The summed E-state index contributed by atoms with van der Waals surface area (Å²) in [5, 5.41) is 1.19. The Morgan fingerprint density at radius 2 is 1.79 bits per heavy atom. The molecule has 0 aliphatic heterocycles. The zero-order valence-electron chi connectivity index (χ0n) is 8.06. The van der Waals surface area contributed by atoms with E-state index in [0.717, 1.165) is 0 Å². The van der Waals surface area contributed by atoms with Crippen molar-refractivity contribution in [2.24, 2.45) is 0 Å². The fourth-order valence-corrected chi connectivity index (χ4v) is 1.93. The number of hydrogen-bond acceptors (Lipinski definition) is 4. The first-order chi connectivity index (χ1) is 6.57. The number of hydrogen-bond donors (Lipinski definition) is 0. The van der Waals surface area contributed by atoms with E-state index >= 15 is 0 Å². The van der Waals surface area contributed by atoms with Gasteiger partial charge in [-0.3, -0.25) is 0 Å². The van der Waals surface area contributed by atoms with E-state index in [2.05, 4.69) is 0 Å². The van der Waals surface area contributed by atoms with Crippen LogP contribution in [0.15, 0.2) is 0 Å². The molecule has 14 heavy (non-hydrogen) atoms. The molecule has 4 nitrogen and oxygen atoms in total. The third-order valence-corrected chi connectivity index (χ3v) is 3.27. The molecule has 0 atom stereocenters. The molecule has 0 saturated heterocycles. The molecule has 0 aromatic heterocycles. The molecule has 0 amide bonds. The molecular formula is C8H14O4S2. The molecule has 0 fully saturated rings. The smallest absolute Gasteiger partial charge is 0.185 e. The summed E-state index contributed by atoms with van der Waals surface area (Å²) in [5.74, 6) is 0. The SMILES string of the molecule is CCC(CCCCC=S(=O)=O)=S(=O)=O. The summed E-state index contributed by atoms with van der Waals surface area (Å²) < 4.78 is 41.3. The van der Waals surface area contributed by atoms with Crippen molar-refractivity contribution in [2.75, 3.05) is 0 Å². The van der Waals surface area contributed by atoms with Gasteiger partial charge in [0.25, 0.3) is 0 Å². The van der Waals surface area contributed by atoms with Crippen molar-refractivity contribution in [1.82, 2.24) is 0 Å². The van der Waals surface area contributed by atoms with Crippen LogP contribution in [0.4, 0.5) is 0 Å². The van der Waals surface area contributed by atoms with Gasteiger partial charge in [-0.15, -0.1) is 0 Å². The van der Waals surface area contributed by atoms with Crippen molar-refractivity contribution >= 4 is 30.8 Å². The van der Waals surface area contributed by atoms with Crippen LogP contribution in [0, 0.1) is 0 Å². The van der Waals surface area contributed by atoms with Gasteiger partial charge in [0.15, 0.2) is 0 Å². The molecule has 0 bridgehead atoms. The van der Waals surface area contributed by atoms with Gasteiger partial charge in [-0.05, 0) is 32.1 Å². The Labute approximate surface area is 87.0 Å². The third kappa shape index (κ3) is 6.85. The zero-order valence-corrected chi connectivity index (χ0v) is 9.70. The van der Waals surface area contributed by atoms with Crippen molar-refractivity contribution < 1.29 is 16.8 Å². The van der Waals surface area contributed by atoms with Gasteiger partial charge in [0, 0.05) is 10.2 Å². The van der Waals surface area contributed by atoms with Gasteiger partial charge in [0.2, 0.25) is 20.6 Å². The highest BCUT2D eigenvalue weighted by Crippen LogP contribution is 2.01. The van der Waals surface area contributed by atoms with Crippen LogP contribution in [-0.2, 0) is 20.6 Å². The number of unbranched alkanes of at least 4 members (excludes halogenated alkanes) is 2. The lowest BCUT2D eigenvalue weighted by Gasteiger charge is -1.96. The molecule has 0 aromatic rings. The van der Waals surface area contributed by atoms with Gasteiger partial charge in [0.05, 0.1) is 0 Å². The number of rotatable bonds is 6. The Bertz CT molecular complexity index is 398. The maximum absolute atomic E-state index is 10.6. The van der Waals surface area contributed by atoms with E-state index < -0.39 is 20.6 Å². The Hall–Kier alpha value is -0.620. The van der Waals surface area contributed by atoms with Crippen LogP contribution in [-0.4, -0.2) is 27.1 Å². The van der Waals surface area contributed by atoms with E-state index in [0.29, 0.717) is 37.0 Å². The van der Waals surface area contributed by atoms with Crippen molar-refractivity contribution in [3.8, 4) is 0 Å². The highest BCUT2D eigenvalue weighted by Gasteiger charge is 1.97. The topological polar surface area (TPSA) is 68.3 Å². The van der Waals surface area contributed by atoms with Crippen LogP contribution in [0.1, 0.15) is 39.0 Å². The first-order valence-electron chi connectivity index (χ1n) is 4.43. The highest BCUT2D eigenvalue weighted by molar-refractivity contribution is 7.73. The summed E-state index contributed by atoms with van der Waals surface area (Å²) >= 11 is 0. The molecule has 0 radical (unpaired) electrons. The van der Waals surface area contributed by atoms with Gasteiger partial charge in [-0.25, -0.2) is 0 Å². The summed E-state index contributed by atoms with van der Waals surface area (Å²) in [5.41, 5.74) is 0. The lowest BCUT2D eigenvalue weighted by atomic mass is 10.1. The Morgan fingerprint density at radius 3 is 2.21 bits per heavy atom. The van der Waals surface area contributed by atoms with E-state index in [1.54, 1.807) is 6.92 Å². The Kier molecular flexibility index (Phi) is 7.41. The second-order valence-corrected chi connectivity index (χ2v) is 4.70. The van der Waals surface area contributed by atoms with Crippen molar-refractivity contribution in [2.45, 2.75) is 39.0 Å². The molecule has 6 heteroatoms. The third-order valence-electron chi connectivity index (χ3n) is 1.79. The normalized spacial score (nSPS) is 9.50. The molecule has 82 valence electrons.